The number of hydrogen-bond donors (Lipinski definition) is 2. The van der Waals surface area contributed by atoms with Crippen LogP contribution >= 0.6 is 12.0 Å². The SMILES string of the molecule is O=S(=O)(O)c1cccc(SO)c1. The molecule has 0 unspecified atom stereocenters. The van der Waals surface area contributed by atoms with E-state index in [4.69, 9.17) is 9.11 Å². The van der Waals surface area contributed by atoms with Crippen LogP contribution in [0.25, 0.3) is 0 Å². The van der Waals surface area contributed by atoms with E-state index in [2.05, 4.69) is 0 Å². The van der Waals surface area contributed by atoms with Gasteiger partial charge in [-0.1, -0.05) is 6.07 Å². The average molecular weight is 206 g/mol. The van der Waals surface area contributed by atoms with Crippen LogP contribution in [0.15, 0.2) is 34.1 Å². The molecule has 12 heavy (non-hydrogen) atoms. The number of hydrogen-bond acceptors (Lipinski definition) is 4. The molecule has 66 valence electrons. The first-order valence-corrected chi connectivity index (χ1v) is 5.14. The second kappa shape index (κ2) is 3.44. The van der Waals surface area contributed by atoms with E-state index in [-0.39, 0.29) is 4.90 Å². The van der Waals surface area contributed by atoms with E-state index < -0.39 is 10.1 Å². The third kappa shape index (κ3) is 2.21. The van der Waals surface area contributed by atoms with E-state index >= 15 is 0 Å². The highest BCUT2D eigenvalue weighted by molar-refractivity contribution is 7.93. The van der Waals surface area contributed by atoms with Gasteiger partial charge in [-0.15, -0.1) is 0 Å². The second-order valence-electron chi connectivity index (χ2n) is 2.04. The zero-order valence-electron chi connectivity index (χ0n) is 5.84. The summed E-state index contributed by atoms with van der Waals surface area (Å²) in [6, 6.07) is 5.38. The molecule has 0 bridgehead atoms. The minimum atomic E-state index is -4.16. The molecule has 1 aromatic rings. The zero-order valence-corrected chi connectivity index (χ0v) is 7.47. The van der Waals surface area contributed by atoms with Crippen LogP contribution in [0.1, 0.15) is 0 Å². The van der Waals surface area contributed by atoms with Crippen LogP contribution in [-0.2, 0) is 10.1 Å². The van der Waals surface area contributed by atoms with Crippen molar-refractivity contribution in [2.45, 2.75) is 9.79 Å². The molecule has 0 aliphatic rings. The maximum Gasteiger partial charge on any atom is 0.294 e. The van der Waals surface area contributed by atoms with Gasteiger partial charge >= 0.3 is 0 Å². The Kier molecular flexibility index (Phi) is 2.73. The van der Waals surface area contributed by atoms with Crippen LogP contribution in [-0.4, -0.2) is 17.5 Å². The summed E-state index contributed by atoms with van der Waals surface area (Å²) < 4.78 is 38.3. The molecular formula is C6H6O4S2. The quantitative estimate of drug-likeness (QED) is 0.566. The molecular weight excluding hydrogens is 200 g/mol. The Hall–Kier alpha value is -0.560. The summed E-state index contributed by atoms with van der Waals surface area (Å²) in [5.41, 5.74) is 0. The molecule has 0 radical (unpaired) electrons. The summed E-state index contributed by atoms with van der Waals surface area (Å²) in [5, 5.41) is 0. The largest absolute Gasteiger partial charge is 0.325 e. The van der Waals surface area contributed by atoms with Gasteiger partial charge in [0.25, 0.3) is 10.1 Å². The molecule has 1 rings (SSSR count). The number of rotatable bonds is 2. The smallest absolute Gasteiger partial charge is 0.294 e. The molecule has 6 heteroatoms. The van der Waals surface area contributed by atoms with E-state index in [1.54, 1.807) is 0 Å². The summed E-state index contributed by atoms with van der Waals surface area (Å²) in [6.07, 6.45) is 0. The fraction of sp³-hybridized carbons (Fsp3) is 0. The second-order valence-corrected chi connectivity index (χ2v) is 4.12. The highest BCUT2D eigenvalue weighted by atomic mass is 32.2. The van der Waals surface area contributed by atoms with Gasteiger partial charge in [-0.25, -0.2) is 0 Å². The summed E-state index contributed by atoms with van der Waals surface area (Å²) in [4.78, 5) is 0.145. The summed E-state index contributed by atoms with van der Waals surface area (Å²) in [5.74, 6) is 0. The van der Waals surface area contributed by atoms with Crippen LogP contribution in [0.2, 0.25) is 0 Å². The van der Waals surface area contributed by atoms with Crippen molar-refractivity contribution in [2.24, 2.45) is 0 Å². The van der Waals surface area contributed by atoms with Gasteiger partial charge in [-0.3, -0.25) is 4.55 Å². The minimum absolute atomic E-state index is 0.221. The van der Waals surface area contributed by atoms with Crippen LogP contribution in [0, 0.1) is 0 Å². The van der Waals surface area contributed by atoms with E-state index in [1.807, 2.05) is 0 Å². The molecule has 0 spiro atoms. The van der Waals surface area contributed by atoms with Gasteiger partial charge in [0.1, 0.15) is 0 Å². The maximum absolute atomic E-state index is 10.6. The topological polar surface area (TPSA) is 74.6 Å². The van der Waals surface area contributed by atoms with Crippen LogP contribution in [0.5, 0.6) is 0 Å². The van der Waals surface area contributed by atoms with Crippen molar-refractivity contribution in [3.05, 3.63) is 24.3 Å². The zero-order chi connectivity index (χ0) is 9.19. The molecule has 0 aromatic heterocycles. The molecule has 4 nitrogen and oxygen atoms in total. The Labute approximate surface area is 74.2 Å². The van der Waals surface area contributed by atoms with Gasteiger partial charge in [0.2, 0.25) is 0 Å². The minimum Gasteiger partial charge on any atom is -0.325 e. The van der Waals surface area contributed by atoms with Crippen molar-refractivity contribution in [3.63, 3.8) is 0 Å². The van der Waals surface area contributed by atoms with Crippen molar-refractivity contribution < 1.29 is 17.5 Å². The molecule has 0 saturated heterocycles. The Balaban J connectivity index is 3.20. The van der Waals surface area contributed by atoms with Gasteiger partial charge in [-0.2, -0.15) is 8.42 Å². The summed E-state index contributed by atoms with van der Waals surface area (Å²) in [6.45, 7) is 0. The Morgan fingerprint density at radius 1 is 1.33 bits per heavy atom. The molecule has 2 N–H and O–H groups in total. The van der Waals surface area contributed by atoms with Crippen molar-refractivity contribution >= 4 is 22.2 Å². The normalized spacial score (nSPS) is 11.5. The van der Waals surface area contributed by atoms with E-state index in [9.17, 15) is 8.42 Å². The lowest BCUT2D eigenvalue weighted by atomic mass is 10.4. The van der Waals surface area contributed by atoms with Crippen molar-refractivity contribution in [3.8, 4) is 0 Å². The lowest BCUT2D eigenvalue weighted by molar-refractivity contribution is 0.483. The first-order chi connectivity index (χ1) is 5.54. The highest BCUT2D eigenvalue weighted by Crippen LogP contribution is 2.18. The summed E-state index contributed by atoms with van der Waals surface area (Å²) >= 11 is 0.424. The molecule has 0 atom stereocenters. The predicted molar refractivity (Wildman–Crippen MR) is 44.7 cm³/mol. The van der Waals surface area contributed by atoms with E-state index in [1.165, 1.54) is 24.3 Å². The molecule has 0 fully saturated rings. The third-order valence-corrected chi connectivity index (χ3v) is 2.52. The van der Waals surface area contributed by atoms with Gasteiger partial charge < -0.3 is 4.55 Å². The monoisotopic (exact) mass is 206 g/mol. The first-order valence-electron chi connectivity index (χ1n) is 2.93. The summed E-state index contributed by atoms with van der Waals surface area (Å²) in [7, 11) is -4.16. The van der Waals surface area contributed by atoms with Gasteiger partial charge in [-0.05, 0) is 18.2 Å². The molecule has 0 heterocycles. The molecule has 0 aliphatic carbocycles. The fourth-order valence-electron chi connectivity index (χ4n) is 0.691. The lowest BCUT2D eigenvalue weighted by Gasteiger charge is -1.97. The number of benzene rings is 1. The van der Waals surface area contributed by atoms with Gasteiger partial charge in [0, 0.05) is 16.9 Å². The lowest BCUT2D eigenvalue weighted by Crippen LogP contribution is -1.97. The molecule has 0 aliphatic heterocycles. The van der Waals surface area contributed by atoms with Crippen molar-refractivity contribution in [2.75, 3.05) is 0 Å². The van der Waals surface area contributed by atoms with Crippen LogP contribution < -0.4 is 0 Å². The first kappa shape index (κ1) is 9.53. The highest BCUT2D eigenvalue weighted by Gasteiger charge is 2.08. The Bertz CT molecular complexity index is 371. The van der Waals surface area contributed by atoms with Gasteiger partial charge in [0.05, 0.1) is 4.90 Å². The molecule has 0 amide bonds. The predicted octanol–water partition coefficient (Wildman–Crippen LogP) is 1.50. The van der Waals surface area contributed by atoms with E-state index in [0.717, 1.165) is 0 Å². The Morgan fingerprint density at radius 2 is 2.00 bits per heavy atom. The average Bonchev–Trinajstić information content (AvgIpc) is 2.03. The van der Waals surface area contributed by atoms with Gasteiger partial charge in [0.15, 0.2) is 0 Å². The molecule has 1 aromatic carbocycles. The van der Waals surface area contributed by atoms with E-state index in [0.29, 0.717) is 16.9 Å². The van der Waals surface area contributed by atoms with Crippen LogP contribution in [0.3, 0.4) is 0 Å². The fourth-order valence-corrected chi connectivity index (χ4v) is 1.61. The van der Waals surface area contributed by atoms with Crippen molar-refractivity contribution in [1.82, 2.24) is 0 Å². The van der Waals surface area contributed by atoms with Crippen molar-refractivity contribution in [1.29, 1.82) is 0 Å². The third-order valence-electron chi connectivity index (χ3n) is 1.21. The standard InChI is InChI=1S/C6H6O4S2/c7-11-5-2-1-3-6(4-5)12(8,9)10/h1-4,7H,(H,8,9,10). The Morgan fingerprint density at radius 3 is 2.50 bits per heavy atom. The van der Waals surface area contributed by atoms with Crippen LogP contribution in [0.4, 0.5) is 0 Å². The molecule has 0 saturated carbocycles. The maximum atomic E-state index is 10.6.